The first-order valence-electron chi connectivity index (χ1n) is 26.5. The first-order valence-corrected chi connectivity index (χ1v) is 26.5. The molecular weight excluding hydrogens is 1080 g/mol. The maximum Gasteiger partial charge on any atom is 0.414 e. The highest BCUT2D eigenvalue weighted by Gasteiger charge is 2.55. The maximum absolute atomic E-state index is 13.8. The quantitative estimate of drug-likeness (QED) is 0.0411. The predicted molar refractivity (Wildman–Crippen MR) is 290 cm³/mol. The number of nitro groups is 1. The first-order chi connectivity index (χ1) is 37.5. The number of hydrogen-bond donors (Lipinski definition) is 8. The number of aliphatic hydroxyl groups is 3. The van der Waals surface area contributed by atoms with Gasteiger partial charge in [-0.15, -0.1) is 0 Å². The smallest absolute Gasteiger partial charge is 0.414 e. The summed E-state index contributed by atoms with van der Waals surface area (Å²) in [5.74, 6) is -0.494. The predicted octanol–water partition coefficient (Wildman–Crippen LogP) is 5.25. The van der Waals surface area contributed by atoms with Crippen molar-refractivity contribution in [2.45, 2.75) is 225 Å². The zero-order valence-corrected chi connectivity index (χ0v) is 49.7. The molecule has 0 bridgehead atoms. The third-order valence-electron chi connectivity index (χ3n) is 11.5. The standard InChI is InChI=1S/C53H84N8O21/c1-48(2,3)78-43(65)56-32-24-33(57-44(66)79-49(4,5)6)37(77-40-35(63)38(53(16,70)27-74-40)60(17)47(69)82-52(13,14)15)34(62)36(32)76-39-31(55-41(58-45(67)80-50(7,8)9)59-46(68)81-51(10,11)12)23-22-30(75-39)25-54-42(64)73-26-28-18-20-29(21-19-28)61(71)72/h18-22,31-40,62-63,70H,23-27H2,1-17H3,(H,54,64)(H,56,65)(H,57,66)(H2,55,58,59,67,68)/t31-,32+,33-,34+,35-,36-,37+,38-,39-,40-,53+/m1/s1. The minimum atomic E-state index is -2.00. The number of ether oxygens (including phenoxy) is 10. The fraction of sp³-hybridized carbons (Fsp3) is 0.717. The van der Waals surface area contributed by atoms with E-state index >= 15 is 0 Å². The summed E-state index contributed by atoms with van der Waals surface area (Å²) < 4.78 is 58.3. The molecule has 1 saturated carbocycles. The molecule has 29 heteroatoms. The van der Waals surface area contributed by atoms with Gasteiger partial charge in [0.05, 0.1) is 36.2 Å². The summed E-state index contributed by atoms with van der Waals surface area (Å²) in [6.07, 6.45) is -15.7. The Morgan fingerprint density at radius 3 is 1.63 bits per heavy atom. The van der Waals surface area contributed by atoms with Gasteiger partial charge in [-0.25, -0.2) is 33.8 Å². The van der Waals surface area contributed by atoms with E-state index in [1.54, 1.807) is 104 Å². The Balaban J connectivity index is 1.84. The van der Waals surface area contributed by atoms with E-state index in [4.69, 9.17) is 47.4 Å². The van der Waals surface area contributed by atoms with Crippen molar-refractivity contribution in [1.82, 2.24) is 31.5 Å². The summed E-state index contributed by atoms with van der Waals surface area (Å²) in [4.78, 5) is 96.5. The Morgan fingerprint density at radius 1 is 0.707 bits per heavy atom. The number of hydrogen-bond acceptors (Lipinski definition) is 22. The van der Waals surface area contributed by atoms with Crippen molar-refractivity contribution in [3.63, 3.8) is 0 Å². The molecule has 462 valence electrons. The Morgan fingerprint density at radius 2 is 1.17 bits per heavy atom. The van der Waals surface area contributed by atoms with Gasteiger partial charge in [0.25, 0.3) is 5.69 Å². The van der Waals surface area contributed by atoms with E-state index in [2.05, 4.69) is 31.6 Å². The van der Waals surface area contributed by atoms with Crippen molar-refractivity contribution in [2.75, 3.05) is 20.2 Å². The van der Waals surface area contributed by atoms with Crippen molar-refractivity contribution in [1.29, 1.82) is 0 Å². The van der Waals surface area contributed by atoms with Gasteiger partial charge in [0, 0.05) is 19.2 Å². The zero-order chi connectivity index (χ0) is 62.1. The maximum atomic E-state index is 13.8. The van der Waals surface area contributed by atoms with Crippen molar-refractivity contribution in [2.24, 2.45) is 4.99 Å². The van der Waals surface area contributed by atoms with Crippen molar-refractivity contribution in [3.05, 3.63) is 51.8 Å². The number of rotatable bonds is 13. The second-order valence-corrected chi connectivity index (χ2v) is 25.0. The van der Waals surface area contributed by atoms with Gasteiger partial charge in [0.2, 0.25) is 12.2 Å². The lowest BCUT2D eigenvalue weighted by Crippen LogP contribution is -2.70. The molecule has 3 aliphatic rings. The number of non-ortho nitro benzene ring substituents is 1. The highest BCUT2D eigenvalue weighted by molar-refractivity contribution is 6.01. The molecule has 1 aromatic carbocycles. The summed E-state index contributed by atoms with van der Waals surface area (Å²) in [5, 5.41) is 60.2. The molecule has 4 rings (SSSR count). The number of guanidine groups is 1. The first kappa shape index (κ1) is 67.7. The molecule has 2 fully saturated rings. The monoisotopic (exact) mass is 1170 g/mol. The van der Waals surface area contributed by atoms with Crippen LogP contribution in [0.2, 0.25) is 0 Å². The molecule has 82 heavy (non-hydrogen) atoms. The van der Waals surface area contributed by atoms with Crippen LogP contribution < -0.4 is 26.6 Å². The summed E-state index contributed by atoms with van der Waals surface area (Å²) >= 11 is 0. The molecule has 8 N–H and O–H groups in total. The molecule has 29 nitrogen and oxygen atoms in total. The minimum absolute atomic E-state index is 0.0237. The number of nitro benzene ring substituents is 1. The molecule has 0 unspecified atom stereocenters. The van der Waals surface area contributed by atoms with Gasteiger partial charge < -0.3 is 83.5 Å². The number of nitrogens with one attached hydrogen (secondary N) is 5. The van der Waals surface area contributed by atoms with Gasteiger partial charge in [-0.05, 0) is 147 Å². The second kappa shape index (κ2) is 27.1. The van der Waals surface area contributed by atoms with E-state index in [0.717, 1.165) is 4.90 Å². The van der Waals surface area contributed by atoms with E-state index in [0.29, 0.717) is 5.56 Å². The van der Waals surface area contributed by atoms with Crippen LogP contribution in [-0.4, -0.2) is 183 Å². The Kier molecular flexibility index (Phi) is 22.4. The summed E-state index contributed by atoms with van der Waals surface area (Å²) in [6, 6.07) is -0.142. The lowest BCUT2D eigenvalue weighted by atomic mass is 9.83. The zero-order valence-electron chi connectivity index (χ0n) is 49.7. The van der Waals surface area contributed by atoms with Crippen molar-refractivity contribution >= 4 is 48.2 Å². The fourth-order valence-electron chi connectivity index (χ4n) is 8.35. The number of amides is 6. The fourth-order valence-corrected chi connectivity index (χ4v) is 8.35. The number of carbonyl (C=O) groups excluding carboxylic acids is 6. The second-order valence-electron chi connectivity index (χ2n) is 25.0. The molecule has 2 heterocycles. The van der Waals surface area contributed by atoms with Crippen LogP contribution in [0.25, 0.3) is 0 Å². The summed E-state index contributed by atoms with van der Waals surface area (Å²) in [5.41, 5.74) is -6.78. The molecular formula is C53H84N8O21. The van der Waals surface area contributed by atoms with Gasteiger partial charge in [0.1, 0.15) is 76.4 Å². The lowest BCUT2D eigenvalue weighted by Gasteiger charge is -2.50. The van der Waals surface area contributed by atoms with E-state index in [-0.39, 0.29) is 37.4 Å². The molecule has 1 aromatic rings. The van der Waals surface area contributed by atoms with Crippen molar-refractivity contribution < 1.29 is 96.4 Å². The number of likely N-dealkylation sites (N-methyl/N-ethyl adjacent to an activating group) is 1. The van der Waals surface area contributed by atoms with Gasteiger partial charge in [-0.1, -0.05) is 0 Å². The normalized spacial score (nSPS) is 25.9. The molecule has 0 spiro atoms. The molecule has 1 aliphatic carbocycles. The van der Waals surface area contributed by atoms with E-state index < -0.39 is 149 Å². The van der Waals surface area contributed by atoms with E-state index in [9.17, 15) is 54.2 Å². The molecule has 2 aliphatic heterocycles. The summed E-state index contributed by atoms with van der Waals surface area (Å²) in [6.45, 7) is 24.3. The number of benzene rings is 1. The molecule has 1 saturated heterocycles. The molecule has 0 aromatic heterocycles. The highest BCUT2D eigenvalue weighted by Crippen LogP contribution is 2.35. The van der Waals surface area contributed by atoms with Crippen LogP contribution in [0, 0.1) is 10.1 Å². The summed E-state index contributed by atoms with van der Waals surface area (Å²) in [7, 11) is 1.29. The highest BCUT2D eigenvalue weighted by atomic mass is 16.7. The van der Waals surface area contributed by atoms with Crippen LogP contribution in [0.4, 0.5) is 34.5 Å². The topological polar surface area (TPSA) is 374 Å². The Hall–Kier alpha value is -6.79. The van der Waals surface area contributed by atoms with E-state index in [1.807, 2.05) is 0 Å². The largest absolute Gasteiger partial charge is 0.465 e. The average molecular weight is 1170 g/mol. The number of aliphatic hydroxyl groups excluding tert-OH is 2. The average Bonchev–Trinajstić information content (AvgIpc) is 3.26. The van der Waals surface area contributed by atoms with Crippen LogP contribution >= 0.6 is 0 Å². The SMILES string of the molecule is CN(C(=O)OC(C)(C)C)[C@@H]1[C@@H](O)[C@@H](O[C@@H]2[C@@H](O)[C@H](O[C@H]3OC(CNC(=O)OCc4ccc([N+](=O)[O-])cc4)=CC[C@H]3N=C(NC(=O)OC(C)(C)C)NC(=O)OC(C)(C)C)[C@@H](NC(=O)OC(C)(C)C)C[C@H]2NC(=O)OC(C)(C)C)OC[C@]1(C)O. The molecule has 0 radical (unpaired) electrons. The number of alkyl carbamates (subject to hydrolysis) is 5. The van der Waals surface area contributed by atoms with E-state index in [1.165, 1.54) is 44.3 Å². The van der Waals surface area contributed by atoms with Gasteiger partial charge >= 0.3 is 36.6 Å². The Labute approximate surface area is 476 Å². The van der Waals surface area contributed by atoms with Crippen molar-refractivity contribution in [3.8, 4) is 0 Å². The van der Waals surface area contributed by atoms with Crippen LogP contribution in [0.5, 0.6) is 0 Å². The molecule has 11 atom stereocenters. The Bertz CT molecular complexity index is 2440. The van der Waals surface area contributed by atoms with Crippen LogP contribution in [-0.2, 0) is 54.0 Å². The minimum Gasteiger partial charge on any atom is -0.465 e. The number of carbonyl (C=O) groups is 6. The van der Waals surface area contributed by atoms with Gasteiger partial charge in [-0.3, -0.25) is 20.7 Å². The van der Waals surface area contributed by atoms with Gasteiger partial charge in [-0.2, -0.15) is 0 Å². The number of nitrogens with zero attached hydrogens (tertiary/aromatic N) is 3. The van der Waals surface area contributed by atoms with Crippen LogP contribution in [0.1, 0.15) is 129 Å². The lowest BCUT2D eigenvalue weighted by molar-refractivity contribution is -0.384. The third kappa shape index (κ3) is 22.2. The van der Waals surface area contributed by atoms with Crippen LogP contribution in [0.15, 0.2) is 41.1 Å². The third-order valence-corrected chi connectivity index (χ3v) is 11.5. The van der Waals surface area contributed by atoms with Crippen LogP contribution in [0.3, 0.4) is 0 Å². The molecule has 6 amide bonds. The van der Waals surface area contributed by atoms with Gasteiger partial charge in [0.15, 0.2) is 6.29 Å². The number of aliphatic imine (C=N–C) groups is 1.